The summed E-state index contributed by atoms with van der Waals surface area (Å²) in [5.74, 6) is 0.909. The fourth-order valence-corrected chi connectivity index (χ4v) is 4.17. The molecule has 0 spiro atoms. The molecule has 2 N–H and O–H groups in total. The first-order valence-electron chi connectivity index (χ1n) is 9.03. The van der Waals surface area contributed by atoms with Crippen LogP contribution >= 0.6 is 0 Å². The Morgan fingerprint density at radius 2 is 2.00 bits per heavy atom. The Balaban J connectivity index is 1.56. The van der Waals surface area contributed by atoms with E-state index in [0.29, 0.717) is 31.3 Å². The van der Waals surface area contributed by atoms with Gasteiger partial charge in [0.05, 0.1) is 32.2 Å². The number of anilines is 2. The number of nitrogens with one attached hydrogen (secondary N) is 2. The highest BCUT2D eigenvalue weighted by Crippen LogP contribution is 2.24. The number of rotatable bonds is 8. The molecule has 0 unspecified atom stereocenters. The molecule has 152 valence electrons. The Kier molecular flexibility index (Phi) is 6.65. The van der Waals surface area contributed by atoms with Gasteiger partial charge in [0, 0.05) is 32.2 Å². The molecule has 3 rings (SSSR count). The van der Waals surface area contributed by atoms with Crippen LogP contribution in [-0.4, -0.2) is 65.1 Å². The summed E-state index contributed by atoms with van der Waals surface area (Å²) in [7, 11) is -2.23. The lowest BCUT2D eigenvalue weighted by Gasteiger charge is -2.28. The van der Waals surface area contributed by atoms with Crippen molar-refractivity contribution in [2.24, 2.45) is 0 Å². The quantitative estimate of drug-likeness (QED) is 0.625. The van der Waals surface area contributed by atoms with Crippen LogP contribution < -0.4 is 19.7 Å². The minimum Gasteiger partial charge on any atom is -0.495 e. The van der Waals surface area contributed by atoms with Crippen molar-refractivity contribution in [3.8, 4) is 5.75 Å². The molecule has 0 amide bonds. The molecule has 1 aromatic heterocycles. The van der Waals surface area contributed by atoms with Gasteiger partial charge in [-0.15, -0.1) is 5.10 Å². The van der Waals surface area contributed by atoms with E-state index in [9.17, 15) is 8.42 Å². The number of hydrogen-bond donors (Lipinski definition) is 2. The third-order valence-electron chi connectivity index (χ3n) is 4.35. The van der Waals surface area contributed by atoms with Crippen LogP contribution in [0.1, 0.15) is 5.56 Å². The van der Waals surface area contributed by atoms with Crippen LogP contribution in [0.3, 0.4) is 0 Å². The van der Waals surface area contributed by atoms with Crippen molar-refractivity contribution in [3.05, 3.63) is 36.0 Å². The summed E-state index contributed by atoms with van der Waals surface area (Å²) in [5.41, 5.74) is 1.81. The second-order valence-corrected chi connectivity index (χ2v) is 8.11. The van der Waals surface area contributed by atoms with Crippen LogP contribution in [0.25, 0.3) is 0 Å². The molecule has 28 heavy (non-hydrogen) atoms. The van der Waals surface area contributed by atoms with E-state index in [1.54, 1.807) is 24.4 Å². The first-order chi connectivity index (χ1) is 13.5. The van der Waals surface area contributed by atoms with Crippen LogP contribution in [0, 0.1) is 6.92 Å². The summed E-state index contributed by atoms with van der Waals surface area (Å²) in [6, 6.07) is 6.94. The van der Waals surface area contributed by atoms with E-state index in [0.717, 1.165) is 24.3 Å². The summed E-state index contributed by atoms with van der Waals surface area (Å²) in [6.07, 6.45) is 1.71. The summed E-state index contributed by atoms with van der Waals surface area (Å²) in [4.78, 5) is 2.31. The van der Waals surface area contributed by atoms with E-state index in [1.807, 2.05) is 13.0 Å². The molecule has 9 nitrogen and oxygen atoms in total. The Morgan fingerprint density at radius 1 is 1.21 bits per heavy atom. The fourth-order valence-electron chi connectivity index (χ4n) is 2.88. The van der Waals surface area contributed by atoms with Gasteiger partial charge in [0.25, 0.3) is 0 Å². The molecule has 1 saturated heterocycles. The van der Waals surface area contributed by atoms with Crippen molar-refractivity contribution in [3.63, 3.8) is 0 Å². The zero-order chi connectivity index (χ0) is 20.0. The van der Waals surface area contributed by atoms with Crippen molar-refractivity contribution in [2.75, 3.05) is 56.7 Å². The summed E-state index contributed by atoms with van der Waals surface area (Å²) < 4.78 is 38.2. The highest BCUT2D eigenvalue weighted by atomic mass is 32.2. The zero-order valence-electron chi connectivity index (χ0n) is 16.0. The van der Waals surface area contributed by atoms with Crippen molar-refractivity contribution in [2.45, 2.75) is 11.8 Å². The Morgan fingerprint density at radius 3 is 2.75 bits per heavy atom. The van der Waals surface area contributed by atoms with Gasteiger partial charge in [-0.05, 0) is 24.6 Å². The molecular formula is C18H25N5O4S. The maximum atomic E-state index is 12.6. The Bertz CT molecular complexity index is 901. The van der Waals surface area contributed by atoms with E-state index in [4.69, 9.17) is 9.47 Å². The second kappa shape index (κ2) is 9.18. The monoisotopic (exact) mass is 407 g/mol. The third kappa shape index (κ3) is 5.09. The SMILES string of the molecule is COc1ccc(C)cc1S(=O)(=O)NCCNc1cc(N2CCOCC2)cnn1. The van der Waals surface area contributed by atoms with E-state index < -0.39 is 10.0 Å². The standard InChI is InChI=1S/C18H25N5O4S/c1-14-3-4-16(26-2)17(11-14)28(24,25)21-6-5-19-18-12-15(13-20-22-18)23-7-9-27-10-8-23/h3-4,11-13,21H,5-10H2,1-2H3,(H,19,22). The first-order valence-corrected chi connectivity index (χ1v) is 10.5. The molecule has 0 saturated carbocycles. The molecule has 10 heteroatoms. The van der Waals surface area contributed by atoms with Gasteiger partial charge in [-0.2, -0.15) is 5.10 Å². The van der Waals surface area contributed by atoms with Gasteiger partial charge < -0.3 is 19.7 Å². The lowest BCUT2D eigenvalue weighted by molar-refractivity contribution is 0.122. The molecule has 1 fully saturated rings. The average molecular weight is 407 g/mol. The number of methoxy groups -OCH3 is 1. The fraction of sp³-hybridized carbons (Fsp3) is 0.444. The number of hydrogen-bond acceptors (Lipinski definition) is 8. The minimum atomic E-state index is -3.68. The second-order valence-electron chi connectivity index (χ2n) is 6.38. The molecule has 1 aliphatic rings. The van der Waals surface area contributed by atoms with Gasteiger partial charge in [-0.3, -0.25) is 0 Å². The van der Waals surface area contributed by atoms with E-state index in [-0.39, 0.29) is 11.4 Å². The summed E-state index contributed by atoms with van der Waals surface area (Å²) >= 11 is 0. The third-order valence-corrected chi connectivity index (χ3v) is 5.83. The highest BCUT2D eigenvalue weighted by molar-refractivity contribution is 7.89. The maximum absolute atomic E-state index is 12.6. The van der Waals surface area contributed by atoms with Crippen molar-refractivity contribution in [1.29, 1.82) is 0 Å². The summed E-state index contributed by atoms with van der Waals surface area (Å²) in [6.45, 7) is 5.40. The van der Waals surface area contributed by atoms with E-state index in [1.165, 1.54) is 7.11 Å². The molecule has 1 aliphatic heterocycles. The van der Waals surface area contributed by atoms with Crippen molar-refractivity contribution >= 4 is 21.5 Å². The number of aryl methyl sites for hydroxylation is 1. The Labute approximate surface area is 165 Å². The predicted molar refractivity (Wildman–Crippen MR) is 106 cm³/mol. The van der Waals surface area contributed by atoms with E-state index >= 15 is 0 Å². The van der Waals surface area contributed by atoms with Gasteiger partial charge in [0.2, 0.25) is 10.0 Å². The summed E-state index contributed by atoms with van der Waals surface area (Å²) in [5, 5.41) is 11.2. The van der Waals surface area contributed by atoms with Crippen molar-refractivity contribution < 1.29 is 17.9 Å². The molecule has 0 atom stereocenters. The molecule has 1 aromatic carbocycles. The van der Waals surface area contributed by atoms with Crippen LogP contribution in [0.5, 0.6) is 5.75 Å². The molecule has 0 aliphatic carbocycles. The number of nitrogens with zero attached hydrogens (tertiary/aromatic N) is 3. The number of morpholine rings is 1. The van der Waals surface area contributed by atoms with Crippen LogP contribution in [0.2, 0.25) is 0 Å². The Hall–Kier alpha value is -2.43. The number of ether oxygens (including phenoxy) is 2. The van der Waals surface area contributed by atoms with Crippen molar-refractivity contribution in [1.82, 2.24) is 14.9 Å². The van der Waals surface area contributed by atoms with Gasteiger partial charge >= 0.3 is 0 Å². The molecule has 0 radical (unpaired) electrons. The topological polar surface area (TPSA) is 106 Å². The molecular weight excluding hydrogens is 382 g/mol. The largest absolute Gasteiger partial charge is 0.495 e. The molecule has 0 bridgehead atoms. The predicted octanol–water partition coefficient (Wildman–Crippen LogP) is 1.02. The minimum absolute atomic E-state index is 0.129. The first kappa shape index (κ1) is 20.3. The normalized spacial score (nSPS) is 14.7. The van der Waals surface area contributed by atoms with Crippen LogP contribution in [0.4, 0.5) is 11.5 Å². The average Bonchev–Trinajstić information content (AvgIpc) is 2.72. The van der Waals surface area contributed by atoms with Gasteiger partial charge in [0.1, 0.15) is 10.6 Å². The van der Waals surface area contributed by atoms with Crippen LogP contribution in [-0.2, 0) is 14.8 Å². The number of sulfonamides is 1. The lowest BCUT2D eigenvalue weighted by atomic mass is 10.2. The van der Waals surface area contributed by atoms with Gasteiger partial charge in [0.15, 0.2) is 5.82 Å². The van der Waals surface area contributed by atoms with Gasteiger partial charge in [-0.1, -0.05) is 6.07 Å². The highest BCUT2D eigenvalue weighted by Gasteiger charge is 2.19. The van der Waals surface area contributed by atoms with Crippen LogP contribution in [0.15, 0.2) is 35.4 Å². The molecule has 2 heterocycles. The number of aromatic nitrogens is 2. The maximum Gasteiger partial charge on any atom is 0.244 e. The number of benzene rings is 1. The lowest BCUT2D eigenvalue weighted by Crippen LogP contribution is -2.36. The molecule has 2 aromatic rings. The smallest absolute Gasteiger partial charge is 0.244 e. The van der Waals surface area contributed by atoms with E-state index in [2.05, 4.69) is 25.1 Å². The zero-order valence-corrected chi connectivity index (χ0v) is 16.8. The van der Waals surface area contributed by atoms with Gasteiger partial charge in [-0.25, -0.2) is 13.1 Å².